The SMILES string of the molecule is CNCc1cc(Cl)ccc1-c1cccc2cccnc12. The van der Waals surface area contributed by atoms with E-state index in [4.69, 9.17) is 11.6 Å². The largest absolute Gasteiger partial charge is 0.316 e. The Hall–Kier alpha value is -1.90. The van der Waals surface area contributed by atoms with Gasteiger partial charge in [-0.25, -0.2) is 0 Å². The van der Waals surface area contributed by atoms with E-state index in [0.29, 0.717) is 0 Å². The second-order valence-corrected chi connectivity index (χ2v) is 5.15. The first-order chi connectivity index (χ1) is 9.79. The zero-order chi connectivity index (χ0) is 13.9. The molecule has 0 saturated carbocycles. The molecule has 2 aromatic carbocycles. The van der Waals surface area contributed by atoms with Gasteiger partial charge in [0.15, 0.2) is 0 Å². The molecule has 1 heterocycles. The van der Waals surface area contributed by atoms with Gasteiger partial charge < -0.3 is 5.32 Å². The predicted molar refractivity (Wildman–Crippen MR) is 85.0 cm³/mol. The summed E-state index contributed by atoms with van der Waals surface area (Å²) in [5.41, 5.74) is 4.52. The van der Waals surface area contributed by atoms with Gasteiger partial charge in [0.1, 0.15) is 0 Å². The molecule has 0 atom stereocenters. The first-order valence-electron chi connectivity index (χ1n) is 6.57. The first-order valence-corrected chi connectivity index (χ1v) is 6.94. The number of nitrogens with one attached hydrogen (secondary N) is 1. The van der Waals surface area contributed by atoms with Crippen molar-refractivity contribution < 1.29 is 0 Å². The average Bonchev–Trinajstić information content (AvgIpc) is 2.47. The van der Waals surface area contributed by atoms with E-state index in [1.54, 1.807) is 0 Å². The standard InChI is InChI=1S/C17H15ClN2/c1-19-11-13-10-14(18)7-8-15(13)16-6-2-4-12-5-3-9-20-17(12)16/h2-10,19H,11H2,1H3. The maximum absolute atomic E-state index is 6.11. The normalized spacial score (nSPS) is 10.9. The summed E-state index contributed by atoms with van der Waals surface area (Å²) in [4.78, 5) is 4.53. The average molecular weight is 283 g/mol. The van der Waals surface area contributed by atoms with Gasteiger partial charge in [-0.3, -0.25) is 4.98 Å². The minimum absolute atomic E-state index is 0.757. The molecule has 0 radical (unpaired) electrons. The van der Waals surface area contributed by atoms with Gasteiger partial charge in [0, 0.05) is 28.7 Å². The fourth-order valence-corrected chi connectivity index (χ4v) is 2.68. The summed E-state index contributed by atoms with van der Waals surface area (Å²) in [5, 5.41) is 5.10. The lowest BCUT2D eigenvalue weighted by Gasteiger charge is -2.12. The summed E-state index contributed by atoms with van der Waals surface area (Å²) in [6.45, 7) is 0.777. The van der Waals surface area contributed by atoms with Crippen LogP contribution in [0, 0.1) is 0 Å². The van der Waals surface area contributed by atoms with Crippen molar-refractivity contribution in [3.63, 3.8) is 0 Å². The fourth-order valence-electron chi connectivity index (χ4n) is 2.48. The van der Waals surface area contributed by atoms with Gasteiger partial charge in [-0.15, -0.1) is 0 Å². The number of halogens is 1. The molecular weight excluding hydrogens is 268 g/mol. The van der Waals surface area contributed by atoms with Crippen LogP contribution in [0.2, 0.25) is 5.02 Å². The van der Waals surface area contributed by atoms with Gasteiger partial charge in [-0.1, -0.05) is 41.9 Å². The van der Waals surface area contributed by atoms with Gasteiger partial charge >= 0.3 is 0 Å². The van der Waals surface area contributed by atoms with E-state index in [1.165, 1.54) is 11.1 Å². The molecule has 100 valence electrons. The third-order valence-corrected chi connectivity index (χ3v) is 3.59. The van der Waals surface area contributed by atoms with Crippen molar-refractivity contribution in [2.24, 2.45) is 0 Å². The Bertz CT molecular complexity index is 748. The van der Waals surface area contributed by atoms with Crippen LogP contribution in [0.1, 0.15) is 5.56 Å². The number of hydrogen-bond acceptors (Lipinski definition) is 2. The summed E-state index contributed by atoms with van der Waals surface area (Å²) < 4.78 is 0. The highest BCUT2D eigenvalue weighted by atomic mass is 35.5. The van der Waals surface area contributed by atoms with Crippen molar-refractivity contribution in [2.75, 3.05) is 7.05 Å². The van der Waals surface area contributed by atoms with E-state index in [9.17, 15) is 0 Å². The van der Waals surface area contributed by atoms with Crippen LogP contribution in [-0.2, 0) is 6.54 Å². The minimum Gasteiger partial charge on any atom is -0.316 e. The lowest BCUT2D eigenvalue weighted by atomic mass is 9.97. The summed E-state index contributed by atoms with van der Waals surface area (Å²) in [7, 11) is 1.94. The number of para-hydroxylation sites is 1. The summed E-state index contributed by atoms with van der Waals surface area (Å²) in [6, 6.07) is 16.3. The molecule has 1 N–H and O–H groups in total. The van der Waals surface area contributed by atoms with Gasteiger partial charge in [0.2, 0.25) is 0 Å². The fraction of sp³-hybridized carbons (Fsp3) is 0.118. The number of nitrogens with zero attached hydrogens (tertiary/aromatic N) is 1. The van der Waals surface area contributed by atoms with Crippen LogP contribution in [0.15, 0.2) is 54.7 Å². The van der Waals surface area contributed by atoms with E-state index < -0.39 is 0 Å². The van der Waals surface area contributed by atoms with Crippen molar-refractivity contribution >= 4 is 22.5 Å². The van der Waals surface area contributed by atoms with E-state index in [1.807, 2.05) is 31.4 Å². The number of benzene rings is 2. The Kier molecular flexibility index (Phi) is 3.68. The third kappa shape index (κ3) is 2.40. The van der Waals surface area contributed by atoms with E-state index >= 15 is 0 Å². The molecule has 0 unspecified atom stereocenters. The monoisotopic (exact) mass is 282 g/mol. The van der Waals surface area contributed by atoms with Crippen LogP contribution in [0.25, 0.3) is 22.0 Å². The van der Waals surface area contributed by atoms with Crippen molar-refractivity contribution in [3.8, 4) is 11.1 Å². The zero-order valence-electron chi connectivity index (χ0n) is 11.2. The number of fused-ring (bicyclic) bond motifs is 1. The molecule has 0 aliphatic heterocycles. The molecule has 0 amide bonds. The van der Waals surface area contributed by atoms with Crippen molar-refractivity contribution in [1.29, 1.82) is 0 Å². The molecule has 0 bridgehead atoms. The van der Waals surface area contributed by atoms with Gasteiger partial charge in [-0.05, 0) is 36.4 Å². The Morgan fingerprint density at radius 2 is 1.90 bits per heavy atom. The highest BCUT2D eigenvalue weighted by Gasteiger charge is 2.09. The maximum atomic E-state index is 6.11. The van der Waals surface area contributed by atoms with E-state index in [-0.39, 0.29) is 0 Å². The van der Waals surface area contributed by atoms with Crippen molar-refractivity contribution in [2.45, 2.75) is 6.54 Å². The number of pyridine rings is 1. The van der Waals surface area contributed by atoms with Gasteiger partial charge in [-0.2, -0.15) is 0 Å². The number of rotatable bonds is 3. The molecule has 3 rings (SSSR count). The number of aromatic nitrogens is 1. The topological polar surface area (TPSA) is 24.9 Å². The molecule has 2 nitrogen and oxygen atoms in total. The summed E-state index contributed by atoms with van der Waals surface area (Å²) in [6.07, 6.45) is 1.83. The second-order valence-electron chi connectivity index (χ2n) is 4.71. The maximum Gasteiger partial charge on any atom is 0.0780 e. The molecule has 0 fully saturated rings. The smallest absolute Gasteiger partial charge is 0.0780 e. The highest BCUT2D eigenvalue weighted by molar-refractivity contribution is 6.30. The quantitative estimate of drug-likeness (QED) is 0.776. The molecule has 1 aromatic heterocycles. The Morgan fingerprint density at radius 1 is 1.05 bits per heavy atom. The minimum atomic E-state index is 0.757. The van der Waals surface area contributed by atoms with Gasteiger partial charge in [0.05, 0.1) is 5.52 Å². The molecule has 0 aliphatic rings. The lowest BCUT2D eigenvalue weighted by molar-refractivity contribution is 0.819. The zero-order valence-corrected chi connectivity index (χ0v) is 12.0. The van der Waals surface area contributed by atoms with Crippen molar-refractivity contribution in [3.05, 3.63) is 65.3 Å². The summed E-state index contributed by atoms with van der Waals surface area (Å²) in [5.74, 6) is 0. The molecular formula is C17H15ClN2. The first kappa shape index (κ1) is 13.1. The van der Waals surface area contributed by atoms with Gasteiger partial charge in [0.25, 0.3) is 0 Å². The second kappa shape index (κ2) is 5.61. The third-order valence-electron chi connectivity index (χ3n) is 3.36. The Morgan fingerprint density at radius 3 is 2.75 bits per heavy atom. The lowest BCUT2D eigenvalue weighted by Crippen LogP contribution is -2.06. The van der Waals surface area contributed by atoms with Crippen LogP contribution in [0.4, 0.5) is 0 Å². The molecule has 0 spiro atoms. The summed E-state index contributed by atoms with van der Waals surface area (Å²) >= 11 is 6.11. The molecule has 0 saturated heterocycles. The van der Waals surface area contributed by atoms with E-state index in [2.05, 4.69) is 40.6 Å². The van der Waals surface area contributed by atoms with Crippen LogP contribution in [0.5, 0.6) is 0 Å². The number of hydrogen-bond donors (Lipinski definition) is 1. The highest BCUT2D eigenvalue weighted by Crippen LogP contribution is 2.31. The van der Waals surface area contributed by atoms with Crippen LogP contribution < -0.4 is 5.32 Å². The van der Waals surface area contributed by atoms with Crippen LogP contribution in [0.3, 0.4) is 0 Å². The van der Waals surface area contributed by atoms with Crippen molar-refractivity contribution in [1.82, 2.24) is 10.3 Å². The van der Waals surface area contributed by atoms with Crippen LogP contribution in [-0.4, -0.2) is 12.0 Å². The van der Waals surface area contributed by atoms with E-state index in [0.717, 1.165) is 28.0 Å². The Labute approximate surface area is 123 Å². The molecule has 3 aromatic rings. The molecule has 20 heavy (non-hydrogen) atoms. The molecule has 3 heteroatoms. The predicted octanol–water partition coefficient (Wildman–Crippen LogP) is 4.27. The van der Waals surface area contributed by atoms with Crippen LogP contribution >= 0.6 is 11.6 Å². The molecule has 0 aliphatic carbocycles. The Balaban J connectivity index is 2.25.